The predicted molar refractivity (Wildman–Crippen MR) is 104 cm³/mol. The second-order valence-electron chi connectivity index (χ2n) is 5.80. The van der Waals surface area contributed by atoms with E-state index in [9.17, 15) is 4.79 Å². The number of carbonyl (C=O) groups is 1. The highest BCUT2D eigenvalue weighted by molar-refractivity contribution is 9.10. The summed E-state index contributed by atoms with van der Waals surface area (Å²) in [6.07, 6.45) is 0. The van der Waals surface area contributed by atoms with Crippen molar-refractivity contribution in [2.75, 3.05) is 5.01 Å². The molecule has 0 bridgehead atoms. The molecule has 1 unspecified atom stereocenters. The van der Waals surface area contributed by atoms with Crippen LogP contribution >= 0.6 is 15.9 Å². The van der Waals surface area contributed by atoms with Gasteiger partial charge in [-0.3, -0.25) is 4.79 Å². The Kier molecular flexibility index (Phi) is 4.20. The van der Waals surface area contributed by atoms with Crippen LogP contribution in [0.5, 0.6) is 0 Å². The summed E-state index contributed by atoms with van der Waals surface area (Å²) in [5.74, 6) is -0.451. The van der Waals surface area contributed by atoms with E-state index in [4.69, 9.17) is 5.10 Å². The molecule has 0 N–H and O–H groups in total. The van der Waals surface area contributed by atoms with Gasteiger partial charge in [-0.2, -0.15) is 10.1 Å². The van der Waals surface area contributed by atoms with Gasteiger partial charge in [-0.05, 0) is 39.2 Å². The van der Waals surface area contributed by atoms with Crippen LogP contribution in [0.25, 0.3) is 0 Å². The van der Waals surface area contributed by atoms with E-state index < -0.39 is 5.92 Å². The van der Waals surface area contributed by atoms with Crippen LogP contribution in [0, 0.1) is 0 Å². The highest BCUT2D eigenvalue weighted by Gasteiger charge is 2.38. The standard InChI is InChI=1S/C21H15BrN2O/c22-17-13-7-8-14-18(17)24-21(25)19(15-9-3-1-4-10-15)20(23-24)16-11-5-2-6-12-16/h1-14,19H. The Balaban J connectivity index is 1.85. The maximum atomic E-state index is 13.2. The van der Waals surface area contributed by atoms with E-state index in [2.05, 4.69) is 15.9 Å². The normalized spacial score (nSPS) is 16.8. The van der Waals surface area contributed by atoms with E-state index in [0.717, 1.165) is 27.0 Å². The highest BCUT2D eigenvalue weighted by atomic mass is 79.9. The maximum absolute atomic E-state index is 13.2. The van der Waals surface area contributed by atoms with Gasteiger partial charge in [0.2, 0.25) is 0 Å². The number of nitrogens with zero attached hydrogens (tertiary/aromatic N) is 2. The van der Waals surface area contributed by atoms with Crippen molar-refractivity contribution in [1.29, 1.82) is 0 Å². The van der Waals surface area contributed by atoms with Crippen LogP contribution in [0.3, 0.4) is 0 Å². The van der Waals surface area contributed by atoms with Crippen molar-refractivity contribution < 1.29 is 4.79 Å². The SMILES string of the molecule is O=C1C(c2ccccc2)C(c2ccccc2)=NN1c1ccccc1Br. The van der Waals surface area contributed by atoms with Gasteiger partial charge in [0.15, 0.2) is 0 Å². The number of halogens is 1. The minimum atomic E-state index is -0.407. The van der Waals surface area contributed by atoms with Gasteiger partial charge in [-0.1, -0.05) is 72.8 Å². The molecule has 122 valence electrons. The summed E-state index contributed by atoms with van der Waals surface area (Å²) < 4.78 is 0.841. The number of rotatable bonds is 3. The van der Waals surface area contributed by atoms with Crippen molar-refractivity contribution in [3.63, 3.8) is 0 Å². The van der Waals surface area contributed by atoms with E-state index in [-0.39, 0.29) is 5.91 Å². The van der Waals surface area contributed by atoms with Crippen molar-refractivity contribution in [2.24, 2.45) is 5.10 Å². The van der Waals surface area contributed by atoms with Crippen LogP contribution in [0.4, 0.5) is 5.69 Å². The third-order valence-electron chi connectivity index (χ3n) is 4.22. The lowest BCUT2D eigenvalue weighted by Crippen LogP contribution is -2.26. The summed E-state index contributed by atoms with van der Waals surface area (Å²) in [7, 11) is 0. The van der Waals surface area contributed by atoms with Gasteiger partial charge in [-0.15, -0.1) is 0 Å². The summed E-state index contributed by atoms with van der Waals surface area (Å²) in [5.41, 5.74) is 3.43. The maximum Gasteiger partial charge on any atom is 0.261 e. The number of para-hydroxylation sites is 1. The van der Waals surface area contributed by atoms with Crippen LogP contribution in [0.1, 0.15) is 17.0 Å². The van der Waals surface area contributed by atoms with E-state index in [0.29, 0.717) is 0 Å². The molecule has 0 aliphatic carbocycles. The van der Waals surface area contributed by atoms with Gasteiger partial charge < -0.3 is 0 Å². The Morgan fingerprint density at radius 1 is 0.800 bits per heavy atom. The quantitative estimate of drug-likeness (QED) is 0.620. The largest absolute Gasteiger partial charge is 0.271 e. The predicted octanol–water partition coefficient (Wildman–Crippen LogP) is 4.98. The average molecular weight is 391 g/mol. The molecule has 0 saturated heterocycles. The van der Waals surface area contributed by atoms with Crippen molar-refractivity contribution in [2.45, 2.75) is 5.92 Å². The molecule has 0 radical (unpaired) electrons. The van der Waals surface area contributed by atoms with Crippen LogP contribution in [-0.4, -0.2) is 11.6 Å². The van der Waals surface area contributed by atoms with Gasteiger partial charge in [0.1, 0.15) is 5.92 Å². The van der Waals surface area contributed by atoms with E-state index in [1.165, 1.54) is 5.01 Å². The first-order valence-electron chi connectivity index (χ1n) is 8.03. The summed E-state index contributed by atoms with van der Waals surface area (Å²) in [4.78, 5) is 13.2. The summed E-state index contributed by atoms with van der Waals surface area (Å²) in [6.45, 7) is 0. The molecule has 0 aromatic heterocycles. The monoisotopic (exact) mass is 390 g/mol. The molecule has 0 saturated carbocycles. The smallest absolute Gasteiger partial charge is 0.261 e. The summed E-state index contributed by atoms with van der Waals surface area (Å²) >= 11 is 3.52. The first-order chi connectivity index (χ1) is 12.3. The Labute approximate surface area is 154 Å². The lowest BCUT2D eigenvalue weighted by Gasteiger charge is -2.16. The topological polar surface area (TPSA) is 32.7 Å². The lowest BCUT2D eigenvalue weighted by molar-refractivity contribution is -0.118. The number of carbonyl (C=O) groups excluding carboxylic acids is 1. The number of anilines is 1. The molecule has 1 atom stereocenters. The van der Waals surface area contributed by atoms with Gasteiger partial charge >= 0.3 is 0 Å². The van der Waals surface area contributed by atoms with Crippen molar-refractivity contribution >= 4 is 33.2 Å². The second-order valence-corrected chi connectivity index (χ2v) is 6.65. The molecule has 0 spiro atoms. The Bertz CT molecular complexity index is 938. The van der Waals surface area contributed by atoms with Crippen molar-refractivity contribution in [3.8, 4) is 0 Å². The van der Waals surface area contributed by atoms with Gasteiger partial charge in [0.05, 0.1) is 11.4 Å². The Hall–Kier alpha value is -2.72. The van der Waals surface area contributed by atoms with Gasteiger partial charge in [0, 0.05) is 4.47 Å². The van der Waals surface area contributed by atoms with E-state index >= 15 is 0 Å². The molecule has 4 heteroatoms. The molecule has 3 nitrogen and oxygen atoms in total. The minimum Gasteiger partial charge on any atom is -0.271 e. The molecule has 3 aromatic carbocycles. The minimum absolute atomic E-state index is 0.0445. The fourth-order valence-electron chi connectivity index (χ4n) is 3.03. The molecular formula is C21H15BrN2O. The number of hydrogen-bond acceptors (Lipinski definition) is 2. The summed E-state index contributed by atoms with van der Waals surface area (Å²) in [5, 5.41) is 6.20. The zero-order valence-corrected chi connectivity index (χ0v) is 14.9. The first-order valence-corrected chi connectivity index (χ1v) is 8.82. The van der Waals surface area contributed by atoms with E-state index in [1.807, 2.05) is 84.9 Å². The third kappa shape index (κ3) is 2.89. The second kappa shape index (κ2) is 6.65. The van der Waals surface area contributed by atoms with Crippen LogP contribution in [0.2, 0.25) is 0 Å². The number of hydrogen-bond donors (Lipinski definition) is 0. The fourth-order valence-corrected chi connectivity index (χ4v) is 3.48. The molecule has 1 heterocycles. The highest BCUT2D eigenvalue weighted by Crippen LogP contribution is 2.36. The number of amides is 1. The van der Waals surface area contributed by atoms with E-state index in [1.54, 1.807) is 0 Å². The zero-order valence-electron chi connectivity index (χ0n) is 13.3. The first kappa shape index (κ1) is 15.8. The van der Waals surface area contributed by atoms with Crippen molar-refractivity contribution in [1.82, 2.24) is 0 Å². The molecule has 1 amide bonds. The molecule has 1 aliphatic rings. The third-order valence-corrected chi connectivity index (χ3v) is 4.89. The van der Waals surface area contributed by atoms with Gasteiger partial charge in [-0.25, -0.2) is 0 Å². The Morgan fingerprint density at radius 3 is 2.08 bits per heavy atom. The number of hydrazone groups is 1. The Morgan fingerprint density at radius 2 is 1.40 bits per heavy atom. The molecule has 1 aliphatic heterocycles. The molecular weight excluding hydrogens is 376 g/mol. The summed E-state index contributed by atoms with van der Waals surface area (Å²) in [6, 6.07) is 27.3. The molecule has 4 rings (SSSR count). The lowest BCUT2D eigenvalue weighted by atomic mass is 9.90. The number of benzene rings is 3. The van der Waals surface area contributed by atoms with Gasteiger partial charge in [0.25, 0.3) is 5.91 Å². The van der Waals surface area contributed by atoms with Crippen LogP contribution < -0.4 is 5.01 Å². The molecule has 3 aromatic rings. The van der Waals surface area contributed by atoms with Crippen LogP contribution in [-0.2, 0) is 4.79 Å². The average Bonchev–Trinajstić information content (AvgIpc) is 3.01. The zero-order chi connectivity index (χ0) is 17.2. The fraction of sp³-hybridized carbons (Fsp3) is 0.0476. The van der Waals surface area contributed by atoms with Crippen molar-refractivity contribution in [3.05, 3.63) is 101 Å². The molecule has 0 fully saturated rings. The molecule has 25 heavy (non-hydrogen) atoms. The van der Waals surface area contributed by atoms with Crippen LogP contribution in [0.15, 0.2) is 94.5 Å².